The normalized spacial score (nSPS) is 14.6. The van der Waals surface area contributed by atoms with Crippen LogP contribution in [0.15, 0.2) is 17.8 Å². The van der Waals surface area contributed by atoms with Crippen molar-refractivity contribution in [2.45, 2.75) is 90.4 Å². The van der Waals surface area contributed by atoms with Crippen molar-refractivity contribution < 1.29 is 41.9 Å². The molecule has 0 radical (unpaired) electrons. The highest BCUT2D eigenvalue weighted by Crippen LogP contribution is 2.49. The number of ether oxygens (including phenoxy) is 4. The highest BCUT2D eigenvalue weighted by molar-refractivity contribution is 7.48. The van der Waals surface area contributed by atoms with Gasteiger partial charge in [-0.15, -0.1) is 6.58 Å². The molecule has 0 heterocycles. The van der Waals surface area contributed by atoms with Crippen LogP contribution in [-0.2, 0) is 37.1 Å². The second-order valence-electron chi connectivity index (χ2n) is 9.71. The predicted octanol–water partition coefficient (Wildman–Crippen LogP) is 6.29. The van der Waals surface area contributed by atoms with Gasteiger partial charge in [-0.1, -0.05) is 50.2 Å². The summed E-state index contributed by atoms with van der Waals surface area (Å²) in [5, 5.41) is 6.15. The third-order valence-electron chi connectivity index (χ3n) is 4.96. The number of nitrogens with one attached hydrogen (secondary N) is 1. The molecule has 0 fully saturated rings. The molecule has 0 aromatic rings. The fourth-order valence-electron chi connectivity index (χ4n) is 3.13. The highest BCUT2D eigenvalue weighted by atomic mass is 31.2. The second kappa shape index (κ2) is 23.1. The number of methoxy groups -OCH3 is 1. The molecule has 0 aliphatic heterocycles. The van der Waals surface area contributed by atoms with E-state index in [-0.39, 0.29) is 45.9 Å². The number of hydrogen-bond acceptors (Lipinski definition) is 10. The number of unbranched alkanes of at least 4 members (excludes halogenated alkanes) is 4. The van der Waals surface area contributed by atoms with E-state index in [1.165, 1.54) is 25.3 Å². The molecule has 14 heteroatoms. The van der Waals surface area contributed by atoms with Gasteiger partial charge in [-0.25, -0.2) is 9.36 Å². The largest absolute Gasteiger partial charge is 0.475 e. The second-order valence-corrected chi connectivity index (χ2v) is 11.4. The number of phosphoric ester groups is 1. The fourth-order valence-corrected chi connectivity index (χ4v) is 4.31. The van der Waals surface area contributed by atoms with E-state index < -0.39 is 25.6 Å². The van der Waals surface area contributed by atoms with E-state index in [2.05, 4.69) is 28.8 Å². The summed E-state index contributed by atoms with van der Waals surface area (Å²) < 4.78 is 50.5. The topological polar surface area (TPSA) is 160 Å². The molecule has 2 unspecified atom stereocenters. The third kappa shape index (κ3) is 22.8. The first-order valence-electron chi connectivity index (χ1n) is 13.4. The summed E-state index contributed by atoms with van der Waals surface area (Å²) in [6.45, 7) is 11.0. The molecule has 13 nitrogen and oxygen atoms in total. The molecule has 0 spiro atoms. The predicted molar refractivity (Wildman–Crippen MR) is 148 cm³/mol. The zero-order valence-corrected chi connectivity index (χ0v) is 25.2. The van der Waals surface area contributed by atoms with Crippen LogP contribution in [0.2, 0.25) is 0 Å². The summed E-state index contributed by atoms with van der Waals surface area (Å²) in [6.07, 6.45) is 8.16. The van der Waals surface area contributed by atoms with Crippen molar-refractivity contribution >= 4 is 13.9 Å². The lowest BCUT2D eigenvalue weighted by Crippen LogP contribution is -2.34. The number of carbonyl (C=O) groups excluding carboxylic acids is 1. The molecule has 0 aliphatic carbocycles. The molecule has 1 amide bonds. The van der Waals surface area contributed by atoms with Crippen LogP contribution < -0.4 is 5.32 Å². The maximum absolute atomic E-state index is 13.0. The van der Waals surface area contributed by atoms with Crippen molar-refractivity contribution in [3.8, 4) is 0 Å². The van der Waals surface area contributed by atoms with E-state index >= 15 is 0 Å². The van der Waals surface area contributed by atoms with Crippen LogP contribution in [0.1, 0.15) is 72.6 Å². The van der Waals surface area contributed by atoms with Crippen LogP contribution in [-0.4, -0.2) is 77.3 Å². The summed E-state index contributed by atoms with van der Waals surface area (Å²) in [5.41, 5.74) is 8.28. The Balaban J connectivity index is 4.67. The molecular weight excluding hydrogens is 531 g/mol. The van der Waals surface area contributed by atoms with Gasteiger partial charge in [0.2, 0.25) is 0 Å². The zero-order valence-electron chi connectivity index (χ0n) is 24.3. The Bertz CT molecular complexity index is 746. The average Bonchev–Trinajstić information content (AvgIpc) is 2.88. The fraction of sp³-hybridized carbons (Fsp3) is 0.880. The van der Waals surface area contributed by atoms with Crippen LogP contribution in [0.4, 0.5) is 4.79 Å². The van der Waals surface area contributed by atoms with E-state index in [0.29, 0.717) is 13.0 Å². The molecule has 228 valence electrons. The molecule has 0 saturated carbocycles. The molecule has 0 bridgehead atoms. The first-order valence-corrected chi connectivity index (χ1v) is 14.9. The molecule has 0 aromatic heterocycles. The Morgan fingerprint density at radius 1 is 1.10 bits per heavy atom. The van der Waals surface area contributed by atoms with Gasteiger partial charge in [0.15, 0.2) is 0 Å². The van der Waals surface area contributed by atoms with Gasteiger partial charge in [-0.05, 0) is 39.1 Å². The summed E-state index contributed by atoms with van der Waals surface area (Å²) in [6, 6.07) is -0.772. The van der Waals surface area contributed by atoms with Crippen molar-refractivity contribution in [2.24, 2.45) is 5.11 Å². The monoisotopic (exact) mass is 580 g/mol. The van der Waals surface area contributed by atoms with Gasteiger partial charge in [0.05, 0.1) is 38.6 Å². The van der Waals surface area contributed by atoms with Gasteiger partial charge >= 0.3 is 13.9 Å². The number of hydrogen-bond donors (Lipinski definition) is 1. The number of alkyl carbamates (subject to hydrolysis) is 1. The maximum atomic E-state index is 13.0. The summed E-state index contributed by atoms with van der Waals surface area (Å²) in [4.78, 5) is 14.6. The van der Waals surface area contributed by atoms with Gasteiger partial charge in [0.25, 0.3) is 0 Å². The van der Waals surface area contributed by atoms with Crippen LogP contribution in [0, 0.1) is 0 Å². The van der Waals surface area contributed by atoms with E-state index in [0.717, 1.165) is 19.3 Å². The smallest absolute Gasteiger partial charge is 0.444 e. The number of azide groups is 1. The minimum Gasteiger partial charge on any atom is -0.444 e. The lowest BCUT2D eigenvalue weighted by molar-refractivity contribution is -0.0835. The summed E-state index contributed by atoms with van der Waals surface area (Å²) in [7, 11) is -2.46. The quantitative estimate of drug-likeness (QED) is 0.0249. The average molecular weight is 581 g/mol. The molecule has 0 rings (SSSR count). The number of carbonyl (C=O) groups is 1. The minimum absolute atomic E-state index is 0.00375. The zero-order chi connectivity index (χ0) is 29.4. The Labute approximate surface area is 233 Å². The lowest BCUT2D eigenvalue weighted by Gasteiger charge is -2.21. The first-order chi connectivity index (χ1) is 18.6. The van der Waals surface area contributed by atoms with Crippen LogP contribution >= 0.6 is 7.82 Å². The van der Waals surface area contributed by atoms with E-state index in [1.54, 1.807) is 27.9 Å². The van der Waals surface area contributed by atoms with E-state index in [1.807, 2.05) is 0 Å². The van der Waals surface area contributed by atoms with Gasteiger partial charge in [0.1, 0.15) is 12.4 Å². The van der Waals surface area contributed by atoms with Crippen molar-refractivity contribution in [1.82, 2.24) is 5.32 Å². The molecule has 0 saturated heterocycles. The van der Waals surface area contributed by atoms with Gasteiger partial charge in [-0.2, -0.15) is 0 Å². The molecule has 1 N–H and O–H groups in total. The SMILES string of the molecule is C=CCOP(=O)(OCCNC(=O)OC(C)(C)C)OCC(COCC[C@@H](CCCCCCC)OCOC)N=[N+]=[N-]. The number of rotatable bonds is 25. The third-order valence-corrected chi connectivity index (χ3v) is 6.39. The van der Waals surface area contributed by atoms with Crippen LogP contribution in [0.3, 0.4) is 0 Å². The van der Waals surface area contributed by atoms with Gasteiger partial charge in [-0.3, -0.25) is 13.6 Å². The Morgan fingerprint density at radius 2 is 1.85 bits per heavy atom. The number of amides is 1. The van der Waals surface area contributed by atoms with Gasteiger partial charge < -0.3 is 24.3 Å². The molecular formula is C25H49N4O9P. The summed E-state index contributed by atoms with van der Waals surface area (Å²) in [5.74, 6) is 0. The Kier molecular flexibility index (Phi) is 22.1. The standard InChI is InChI=1S/C25H49N4O9P/c1-7-9-10-11-12-13-23(34-21-32-6)14-17-33-19-22(28-29-26)20-37-39(31,35-16-8-2)36-18-15-27-24(30)38-25(3,4)5/h8,22-23H,2,7,9-21H2,1,3-6H3,(H,27,30)/t22?,23-,39?/m1/s1. The first kappa shape index (κ1) is 37.3. The van der Waals surface area contributed by atoms with E-state index in [9.17, 15) is 9.36 Å². The summed E-state index contributed by atoms with van der Waals surface area (Å²) >= 11 is 0. The van der Waals surface area contributed by atoms with Crippen molar-refractivity contribution in [2.75, 3.05) is 53.5 Å². The van der Waals surface area contributed by atoms with Gasteiger partial charge in [0, 0.05) is 25.2 Å². The molecule has 0 aromatic carbocycles. The Hall–Kier alpha value is -1.69. The van der Waals surface area contributed by atoms with Crippen molar-refractivity contribution in [3.63, 3.8) is 0 Å². The molecule has 3 atom stereocenters. The minimum atomic E-state index is -4.04. The number of nitrogens with zero attached hydrogens (tertiary/aromatic N) is 3. The lowest BCUT2D eigenvalue weighted by atomic mass is 10.1. The maximum Gasteiger partial charge on any atom is 0.475 e. The van der Waals surface area contributed by atoms with Crippen molar-refractivity contribution in [1.29, 1.82) is 0 Å². The Morgan fingerprint density at radius 3 is 2.49 bits per heavy atom. The molecule has 39 heavy (non-hydrogen) atoms. The number of phosphoric acid groups is 1. The highest BCUT2D eigenvalue weighted by Gasteiger charge is 2.28. The van der Waals surface area contributed by atoms with Crippen molar-refractivity contribution in [3.05, 3.63) is 23.1 Å². The van der Waals surface area contributed by atoms with Crippen LogP contribution in [0.5, 0.6) is 0 Å². The molecule has 0 aliphatic rings. The van der Waals surface area contributed by atoms with E-state index in [4.69, 9.17) is 38.0 Å². The van der Waals surface area contributed by atoms with Crippen LogP contribution in [0.25, 0.3) is 10.4 Å².